The van der Waals surface area contributed by atoms with Crippen molar-refractivity contribution in [2.45, 2.75) is 6.54 Å². The number of rotatable bonds is 3. The fraction of sp³-hybridized carbons (Fsp3) is 0.0294. The molecule has 0 atom stereocenters. The lowest BCUT2D eigenvalue weighted by Gasteiger charge is -2.25. The summed E-state index contributed by atoms with van der Waals surface area (Å²) in [6, 6.07) is 29.2. The molecule has 1 aliphatic rings. The summed E-state index contributed by atoms with van der Waals surface area (Å²) >= 11 is 0. The molecule has 0 fully saturated rings. The second-order valence-corrected chi connectivity index (χ2v) is 10.1. The third-order valence-electron chi connectivity index (χ3n) is 7.83. The second kappa shape index (κ2) is 8.01. The van der Waals surface area contributed by atoms with E-state index in [1.165, 1.54) is 0 Å². The zero-order valence-corrected chi connectivity index (χ0v) is 21.2. The van der Waals surface area contributed by atoms with Crippen LogP contribution in [-0.2, 0) is 6.54 Å². The Hall–Kier alpha value is -5.49. The van der Waals surface area contributed by atoms with Crippen LogP contribution in [0, 0.1) is 0 Å². The predicted octanol–water partition coefficient (Wildman–Crippen LogP) is 9.17. The number of hydrogen-bond donors (Lipinski definition) is 1. The number of nitrogens with one attached hydrogen (secondary N) is 1. The minimum Gasteiger partial charge on any atom is -0.456 e. The van der Waals surface area contributed by atoms with Gasteiger partial charge in [-0.3, -0.25) is 4.98 Å². The first-order chi connectivity index (χ1) is 19.8. The molecule has 0 saturated heterocycles. The Balaban J connectivity index is 1.29. The molecule has 4 aromatic heterocycles. The summed E-state index contributed by atoms with van der Waals surface area (Å²) in [5.41, 5.74) is 8.43. The first-order valence-electron chi connectivity index (χ1n) is 13.2. The lowest BCUT2D eigenvalue weighted by atomic mass is 10.1. The molecule has 8 aromatic rings. The minimum atomic E-state index is 0.729. The van der Waals surface area contributed by atoms with E-state index in [9.17, 15) is 0 Å². The number of nitrogens with zero attached hydrogens (tertiary/aromatic N) is 2. The zero-order valence-electron chi connectivity index (χ0n) is 21.2. The monoisotopic (exact) mass is 519 g/mol. The van der Waals surface area contributed by atoms with Crippen molar-refractivity contribution in [3.05, 3.63) is 115 Å². The molecule has 4 aromatic carbocycles. The maximum absolute atomic E-state index is 6.28. The number of hydrogen-bond acceptors (Lipinski definition) is 6. The maximum Gasteiger partial charge on any atom is 0.138 e. The molecule has 0 bridgehead atoms. The Morgan fingerprint density at radius 3 is 2.23 bits per heavy atom. The molecule has 9 rings (SSSR count). The van der Waals surface area contributed by atoms with E-state index in [1.807, 2.05) is 48.8 Å². The lowest BCUT2D eigenvalue weighted by Crippen LogP contribution is -2.10. The van der Waals surface area contributed by atoms with E-state index >= 15 is 0 Å². The number of aromatic nitrogens is 1. The average molecular weight is 520 g/mol. The fourth-order valence-electron chi connectivity index (χ4n) is 5.96. The molecule has 1 aliphatic heterocycles. The highest BCUT2D eigenvalue weighted by Gasteiger charge is 2.20. The largest absolute Gasteiger partial charge is 0.456 e. The third-order valence-corrected chi connectivity index (χ3v) is 7.83. The van der Waals surface area contributed by atoms with E-state index in [0.717, 1.165) is 89.8 Å². The molecular formula is C34H21N3O3. The first kappa shape index (κ1) is 21.4. The van der Waals surface area contributed by atoms with Crippen LogP contribution in [0.15, 0.2) is 117 Å². The molecule has 0 unspecified atom stereocenters. The molecule has 1 N–H and O–H groups in total. The molecule has 0 amide bonds. The molecule has 5 heterocycles. The van der Waals surface area contributed by atoms with Gasteiger partial charge in [0.25, 0.3) is 0 Å². The van der Waals surface area contributed by atoms with Crippen molar-refractivity contribution in [1.29, 1.82) is 0 Å². The van der Waals surface area contributed by atoms with Gasteiger partial charge in [-0.25, -0.2) is 0 Å². The smallest absolute Gasteiger partial charge is 0.138 e. The van der Waals surface area contributed by atoms with Crippen molar-refractivity contribution in [2.24, 2.45) is 0 Å². The van der Waals surface area contributed by atoms with E-state index in [4.69, 9.17) is 13.3 Å². The van der Waals surface area contributed by atoms with E-state index in [-0.39, 0.29) is 0 Å². The second-order valence-electron chi connectivity index (χ2n) is 10.1. The van der Waals surface area contributed by atoms with Gasteiger partial charge in [-0.05, 0) is 66.7 Å². The van der Waals surface area contributed by atoms with Gasteiger partial charge in [-0.2, -0.15) is 0 Å². The van der Waals surface area contributed by atoms with Crippen LogP contribution in [0.4, 0.5) is 17.1 Å². The highest BCUT2D eigenvalue weighted by atomic mass is 16.3. The molecule has 0 spiro atoms. The van der Waals surface area contributed by atoms with Crippen LogP contribution in [0.5, 0.6) is 0 Å². The molecule has 190 valence electrons. The van der Waals surface area contributed by atoms with Gasteiger partial charge in [0.2, 0.25) is 0 Å². The van der Waals surface area contributed by atoms with Crippen LogP contribution in [0.1, 0.15) is 11.3 Å². The van der Waals surface area contributed by atoms with Gasteiger partial charge in [0, 0.05) is 80.8 Å². The van der Waals surface area contributed by atoms with Gasteiger partial charge in [0.1, 0.15) is 33.7 Å². The van der Waals surface area contributed by atoms with Crippen LogP contribution in [0.3, 0.4) is 0 Å². The van der Waals surface area contributed by atoms with Crippen molar-refractivity contribution < 1.29 is 13.3 Å². The first-order valence-corrected chi connectivity index (χ1v) is 13.2. The van der Waals surface area contributed by atoms with Crippen LogP contribution < -0.4 is 10.2 Å². The van der Waals surface area contributed by atoms with E-state index < -0.39 is 0 Å². The Morgan fingerprint density at radius 1 is 0.600 bits per heavy atom. The summed E-state index contributed by atoms with van der Waals surface area (Å²) in [5.74, 6) is 0.903. The molecular weight excluding hydrogens is 498 g/mol. The highest BCUT2D eigenvalue weighted by molar-refractivity contribution is 6.08. The van der Waals surface area contributed by atoms with E-state index in [2.05, 4.69) is 69.8 Å². The number of pyridine rings is 1. The summed E-state index contributed by atoms with van der Waals surface area (Å²) in [5, 5.41) is 8.63. The predicted molar refractivity (Wildman–Crippen MR) is 159 cm³/mol. The normalized spacial score (nSPS) is 13.0. The van der Waals surface area contributed by atoms with Crippen molar-refractivity contribution in [3.63, 3.8) is 0 Å². The van der Waals surface area contributed by atoms with Crippen LogP contribution in [0.2, 0.25) is 0 Å². The van der Waals surface area contributed by atoms with Crippen molar-refractivity contribution in [3.8, 4) is 0 Å². The van der Waals surface area contributed by atoms with Crippen LogP contribution >= 0.6 is 0 Å². The fourth-order valence-corrected chi connectivity index (χ4v) is 5.96. The molecule has 0 saturated carbocycles. The number of furan rings is 3. The van der Waals surface area contributed by atoms with Gasteiger partial charge in [-0.1, -0.05) is 18.2 Å². The Labute approximate surface area is 227 Å². The van der Waals surface area contributed by atoms with E-state index in [1.54, 1.807) is 6.20 Å². The summed E-state index contributed by atoms with van der Waals surface area (Å²) < 4.78 is 18.5. The average Bonchev–Trinajstić information content (AvgIpc) is 3.68. The zero-order chi connectivity index (χ0) is 26.2. The SMILES string of the molecule is C1=Cc2oc3ccc(N(c4ccc5c(c4)oc4ccccc45)c4ccc5oc6ccncc6c5c4)cc3c2CN1. The van der Waals surface area contributed by atoms with Crippen molar-refractivity contribution in [1.82, 2.24) is 10.3 Å². The van der Waals surface area contributed by atoms with Gasteiger partial charge in [0.05, 0.1) is 0 Å². The maximum atomic E-state index is 6.28. The molecule has 6 nitrogen and oxygen atoms in total. The van der Waals surface area contributed by atoms with Gasteiger partial charge in [0.15, 0.2) is 0 Å². The highest BCUT2D eigenvalue weighted by Crippen LogP contribution is 2.42. The Kier molecular flexibility index (Phi) is 4.29. The summed E-state index contributed by atoms with van der Waals surface area (Å²) in [7, 11) is 0. The van der Waals surface area contributed by atoms with Crippen molar-refractivity contribution >= 4 is 78.0 Å². The standard InChI is InChI=1S/C34H21N3O3/c1-2-4-29-23(3-1)24-8-5-22(17-34(24)40-29)37(20-6-9-30-25(15-20)27-18-35-13-11-32(27)38-30)21-7-10-31-26(16-21)28-19-36-14-12-33(28)39-31/h1-18,36H,19H2. The van der Waals surface area contributed by atoms with Gasteiger partial charge in [-0.15, -0.1) is 0 Å². The Morgan fingerprint density at radius 2 is 1.30 bits per heavy atom. The number of fused-ring (bicyclic) bond motifs is 9. The number of anilines is 3. The van der Waals surface area contributed by atoms with Crippen LogP contribution in [-0.4, -0.2) is 4.98 Å². The molecule has 0 radical (unpaired) electrons. The molecule has 40 heavy (non-hydrogen) atoms. The van der Waals surface area contributed by atoms with Crippen molar-refractivity contribution in [2.75, 3.05) is 4.90 Å². The van der Waals surface area contributed by atoms with Crippen LogP contribution in [0.25, 0.3) is 60.9 Å². The molecule has 6 heteroatoms. The van der Waals surface area contributed by atoms with Gasteiger partial charge < -0.3 is 23.5 Å². The number of benzene rings is 4. The lowest BCUT2D eigenvalue weighted by molar-refractivity contribution is 0.592. The topological polar surface area (TPSA) is 67.6 Å². The quantitative estimate of drug-likeness (QED) is 0.251. The van der Waals surface area contributed by atoms with Gasteiger partial charge >= 0.3 is 0 Å². The summed E-state index contributed by atoms with van der Waals surface area (Å²) in [4.78, 5) is 6.60. The summed E-state index contributed by atoms with van der Waals surface area (Å²) in [6.45, 7) is 0.729. The van der Waals surface area contributed by atoms with E-state index in [0.29, 0.717) is 0 Å². The molecule has 0 aliphatic carbocycles. The summed E-state index contributed by atoms with van der Waals surface area (Å²) in [6.07, 6.45) is 7.53. The third kappa shape index (κ3) is 3.07. The Bertz CT molecular complexity index is 2300. The minimum absolute atomic E-state index is 0.729. The number of para-hydroxylation sites is 1.